The molecule has 0 aliphatic rings. The van der Waals surface area contributed by atoms with Crippen LogP contribution in [0, 0.1) is 0 Å². The van der Waals surface area contributed by atoms with Crippen molar-refractivity contribution in [3.05, 3.63) is 65.2 Å². The van der Waals surface area contributed by atoms with Gasteiger partial charge in [-0.25, -0.2) is 0 Å². The average Bonchev–Trinajstić information content (AvgIpc) is 2.41. The minimum absolute atomic E-state index is 0.0916. The van der Waals surface area contributed by atoms with E-state index < -0.39 is 0 Å². The molecular weight excluding hydrogens is 264 g/mol. The van der Waals surface area contributed by atoms with Crippen molar-refractivity contribution >= 4 is 23.4 Å². The van der Waals surface area contributed by atoms with Crippen LogP contribution >= 0.6 is 23.4 Å². The molecule has 0 fully saturated rings. The monoisotopic (exact) mass is 278 g/mol. The topological polar surface area (TPSA) is 38.0 Å². The molecule has 1 unspecified atom stereocenters. The maximum absolute atomic E-state index is 5.99. The van der Waals surface area contributed by atoms with Gasteiger partial charge in [0.2, 0.25) is 0 Å². The lowest BCUT2D eigenvalue weighted by molar-refractivity contribution is 0.611. The Morgan fingerprint density at radius 1 is 1.11 bits per heavy atom. The van der Waals surface area contributed by atoms with Crippen LogP contribution in [0.2, 0.25) is 5.02 Å². The SMILES string of the molecule is NNC(CSc1ccccc1)c1cccc(Cl)c1. The third-order valence-corrected chi connectivity index (χ3v) is 3.95. The van der Waals surface area contributed by atoms with Gasteiger partial charge in [0.1, 0.15) is 0 Å². The lowest BCUT2D eigenvalue weighted by Gasteiger charge is -2.16. The van der Waals surface area contributed by atoms with Crippen LogP contribution in [-0.4, -0.2) is 5.75 Å². The number of hydrogen-bond acceptors (Lipinski definition) is 3. The quantitative estimate of drug-likeness (QED) is 0.498. The van der Waals surface area contributed by atoms with Crippen LogP contribution in [0.4, 0.5) is 0 Å². The fourth-order valence-electron chi connectivity index (χ4n) is 1.66. The lowest BCUT2D eigenvalue weighted by Crippen LogP contribution is -2.29. The number of benzene rings is 2. The molecule has 0 bridgehead atoms. The summed E-state index contributed by atoms with van der Waals surface area (Å²) >= 11 is 7.76. The molecule has 0 aromatic heterocycles. The van der Waals surface area contributed by atoms with Gasteiger partial charge < -0.3 is 0 Å². The first-order chi connectivity index (χ1) is 8.79. The first-order valence-corrected chi connectivity index (χ1v) is 7.05. The van der Waals surface area contributed by atoms with E-state index in [4.69, 9.17) is 17.4 Å². The van der Waals surface area contributed by atoms with Gasteiger partial charge in [0.05, 0.1) is 6.04 Å². The van der Waals surface area contributed by atoms with E-state index >= 15 is 0 Å². The molecule has 0 heterocycles. The van der Waals surface area contributed by atoms with Gasteiger partial charge in [0.15, 0.2) is 0 Å². The molecule has 0 aliphatic carbocycles. The Morgan fingerprint density at radius 2 is 1.89 bits per heavy atom. The zero-order chi connectivity index (χ0) is 12.8. The molecule has 1 atom stereocenters. The van der Waals surface area contributed by atoms with Crippen LogP contribution in [-0.2, 0) is 0 Å². The summed E-state index contributed by atoms with van der Waals surface area (Å²) in [5.74, 6) is 6.47. The second kappa shape index (κ2) is 6.81. The summed E-state index contributed by atoms with van der Waals surface area (Å²) in [7, 11) is 0. The zero-order valence-corrected chi connectivity index (χ0v) is 11.4. The predicted molar refractivity (Wildman–Crippen MR) is 78.7 cm³/mol. The van der Waals surface area contributed by atoms with E-state index in [9.17, 15) is 0 Å². The third kappa shape index (κ3) is 3.75. The van der Waals surface area contributed by atoms with Crippen LogP contribution in [0.3, 0.4) is 0 Å². The van der Waals surface area contributed by atoms with Crippen molar-refractivity contribution in [1.29, 1.82) is 0 Å². The van der Waals surface area contributed by atoms with E-state index in [2.05, 4.69) is 17.6 Å². The number of hydrogen-bond donors (Lipinski definition) is 2. The zero-order valence-electron chi connectivity index (χ0n) is 9.84. The Hall–Kier alpha value is -1.00. The Morgan fingerprint density at radius 3 is 2.56 bits per heavy atom. The highest BCUT2D eigenvalue weighted by atomic mass is 35.5. The van der Waals surface area contributed by atoms with Crippen LogP contribution in [0.25, 0.3) is 0 Å². The standard InChI is InChI=1S/C14H15ClN2S/c15-12-6-4-5-11(9-12)14(17-16)10-18-13-7-2-1-3-8-13/h1-9,14,17H,10,16H2. The highest BCUT2D eigenvalue weighted by molar-refractivity contribution is 7.99. The van der Waals surface area contributed by atoms with E-state index in [1.807, 2.05) is 42.5 Å². The summed E-state index contributed by atoms with van der Waals surface area (Å²) in [5.41, 5.74) is 3.94. The molecule has 2 nitrogen and oxygen atoms in total. The molecule has 0 saturated heterocycles. The van der Waals surface area contributed by atoms with E-state index in [1.54, 1.807) is 11.8 Å². The number of thioether (sulfide) groups is 1. The molecule has 18 heavy (non-hydrogen) atoms. The van der Waals surface area contributed by atoms with Crippen molar-refractivity contribution < 1.29 is 0 Å². The van der Waals surface area contributed by atoms with Crippen molar-refractivity contribution in [2.45, 2.75) is 10.9 Å². The van der Waals surface area contributed by atoms with Gasteiger partial charge in [0, 0.05) is 15.7 Å². The maximum atomic E-state index is 5.99. The molecule has 0 spiro atoms. The Bertz CT molecular complexity index is 490. The van der Waals surface area contributed by atoms with Crippen molar-refractivity contribution in [1.82, 2.24) is 5.43 Å². The average molecular weight is 279 g/mol. The van der Waals surface area contributed by atoms with Crippen LogP contribution in [0.15, 0.2) is 59.5 Å². The molecule has 94 valence electrons. The lowest BCUT2D eigenvalue weighted by atomic mass is 10.1. The van der Waals surface area contributed by atoms with Crippen LogP contribution < -0.4 is 11.3 Å². The Kier molecular flexibility index (Phi) is 5.08. The third-order valence-electron chi connectivity index (χ3n) is 2.61. The number of rotatable bonds is 5. The number of halogens is 1. The molecule has 0 aliphatic heterocycles. The van der Waals surface area contributed by atoms with E-state index in [-0.39, 0.29) is 6.04 Å². The van der Waals surface area contributed by atoms with Gasteiger partial charge >= 0.3 is 0 Å². The predicted octanol–water partition coefficient (Wildman–Crippen LogP) is 3.64. The Balaban J connectivity index is 2.02. The van der Waals surface area contributed by atoms with Gasteiger partial charge in [-0.1, -0.05) is 41.9 Å². The van der Waals surface area contributed by atoms with Gasteiger partial charge in [-0.2, -0.15) is 0 Å². The molecule has 4 heteroatoms. The van der Waals surface area contributed by atoms with Crippen molar-refractivity contribution in [3.8, 4) is 0 Å². The van der Waals surface area contributed by atoms with Gasteiger partial charge in [-0.15, -0.1) is 11.8 Å². The first-order valence-electron chi connectivity index (χ1n) is 5.69. The van der Waals surface area contributed by atoms with Crippen molar-refractivity contribution in [2.24, 2.45) is 5.84 Å². The second-order valence-corrected chi connectivity index (χ2v) is 5.43. The summed E-state index contributed by atoms with van der Waals surface area (Å²) in [6.07, 6.45) is 0. The van der Waals surface area contributed by atoms with Crippen molar-refractivity contribution in [3.63, 3.8) is 0 Å². The number of hydrazine groups is 1. The summed E-state index contributed by atoms with van der Waals surface area (Å²) < 4.78 is 0. The minimum Gasteiger partial charge on any atom is -0.271 e. The normalized spacial score (nSPS) is 12.3. The highest BCUT2D eigenvalue weighted by Crippen LogP contribution is 2.25. The minimum atomic E-state index is 0.0916. The van der Waals surface area contributed by atoms with E-state index in [0.717, 1.165) is 16.3 Å². The molecule has 0 amide bonds. The molecule has 3 N–H and O–H groups in total. The summed E-state index contributed by atoms with van der Waals surface area (Å²) in [6, 6.07) is 18.1. The first kappa shape index (κ1) is 13.4. The fourth-order valence-corrected chi connectivity index (χ4v) is 2.86. The summed E-state index contributed by atoms with van der Waals surface area (Å²) in [6.45, 7) is 0. The second-order valence-electron chi connectivity index (χ2n) is 3.90. The molecular formula is C14H15ClN2S. The largest absolute Gasteiger partial charge is 0.271 e. The van der Waals surface area contributed by atoms with Crippen LogP contribution in [0.5, 0.6) is 0 Å². The van der Waals surface area contributed by atoms with Crippen molar-refractivity contribution in [2.75, 3.05) is 5.75 Å². The Labute approximate surface area is 117 Å². The number of nitrogens with one attached hydrogen (secondary N) is 1. The molecule has 2 rings (SSSR count). The smallest absolute Gasteiger partial charge is 0.0554 e. The number of nitrogens with two attached hydrogens (primary N) is 1. The summed E-state index contributed by atoms with van der Waals surface area (Å²) in [4.78, 5) is 1.24. The molecule has 0 radical (unpaired) electrons. The summed E-state index contributed by atoms with van der Waals surface area (Å²) in [5, 5.41) is 0.734. The molecule has 2 aromatic carbocycles. The van der Waals surface area contributed by atoms with Crippen LogP contribution in [0.1, 0.15) is 11.6 Å². The molecule has 2 aromatic rings. The van der Waals surface area contributed by atoms with Gasteiger partial charge in [0.25, 0.3) is 0 Å². The van der Waals surface area contributed by atoms with Gasteiger partial charge in [-0.3, -0.25) is 11.3 Å². The fraction of sp³-hybridized carbons (Fsp3) is 0.143. The molecule has 0 saturated carbocycles. The maximum Gasteiger partial charge on any atom is 0.0554 e. The highest BCUT2D eigenvalue weighted by Gasteiger charge is 2.10. The van der Waals surface area contributed by atoms with E-state index in [1.165, 1.54) is 4.90 Å². The van der Waals surface area contributed by atoms with Gasteiger partial charge in [-0.05, 0) is 29.8 Å². The van der Waals surface area contributed by atoms with E-state index in [0.29, 0.717) is 0 Å².